The number of hydrogen-bond acceptors (Lipinski definition) is 3. The van der Waals surface area contributed by atoms with Crippen molar-refractivity contribution in [3.05, 3.63) is 101 Å². The van der Waals surface area contributed by atoms with Crippen LogP contribution >= 0.6 is 11.6 Å². The van der Waals surface area contributed by atoms with Crippen LogP contribution < -0.4 is 5.32 Å². The molecule has 0 aliphatic rings. The number of pyridine rings is 1. The van der Waals surface area contributed by atoms with Gasteiger partial charge in [0.25, 0.3) is 0 Å². The predicted octanol–water partition coefficient (Wildman–Crippen LogP) is 4.92. The quantitative estimate of drug-likeness (QED) is 0.518. The smallest absolute Gasteiger partial charge is 0.247 e. The number of carbonyl (C=O) groups is 2. The monoisotopic (exact) mass is 435 g/mol. The highest BCUT2D eigenvalue weighted by Crippen LogP contribution is 2.25. The molecule has 6 heteroatoms. The maximum absolute atomic E-state index is 13.4. The fourth-order valence-electron chi connectivity index (χ4n) is 3.36. The van der Waals surface area contributed by atoms with E-state index in [4.69, 9.17) is 11.6 Å². The summed E-state index contributed by atoms with van der Waals surface area (Å²) in [6.07, 6.45) is 4.47. The third-order valence-corrected chi connectivity index (χ3v) is 5.17. The molecule has 0 bridgehead atoms. The highest BCUT2D eigenvalue weighted by Gasteiger charge is 2.31. The van der Waals surface area contributed by atoms with Crippen molar-refractivity contribution in [2.75, 3.05) is 0 Å². The van der Waals surface area contributed by atoms with Gasteiger partial charge in [0.05, 0.1) is 0 Å². The van der Waals surface area contributed by atoms with Gasteiger partial charge in [-0.1, -0.05) is 67.1 Å². The number of hydrogen-bond donors (Lipinski definition) is 1. The Kier molecular flexibility index (Phi) is 8.19. The zero-order valence-electron chi connectivity index (χ0n) is 17.5. The fraction of sp³-hybridized carbons (Fsp3) is 0.240. The van der Waals surface area contributed by atoms with Gasteiger partial charge in [0.1, 0.15) is 6.04 Å². The van der Waals surface area contributed by atoms with Crippen molar-refractivity contribution in [1.82, 2.24) is 15.2 Å². The molecule has 0 spiro atoms. The Morgan fingerprint density at radius 2 is 1.74 bits per heavy atom. The molecular formula is C25H26ClN3O2. The third kappa shape index (κ3) is 6.40. The molecule has 1 N–H and O–H groups in total. The van der Waals surface area contributed by atoms with Gasteiger partial charge in [-0.15, -0.1) is 0 Å². The minimum absolute atomic E-state index is 0.0668. The molecule has 0 saturated carbocycles. The molecule has 1 aromatic heterocycles. The summed E-state index contributed by atoms with van der Waals surface area (Å²) in [5.41, 5.74) is 2.58. The SMILES string of the molecule is CCCC(=O)N(Cc1ccc(Cl)cc1)[C@H](C(=O)NCc1cccnc1)c1ccccc1. The lowest BCUT2D eigenvalue weighted by Gasteiger charge is -2.31. The molecule has 0 fully saturated rings. The van der Waals surface area contributed by atoms with E-state index in [1.165, 1.54) is 0 Å². The number of halogens is 1. The summed E-state index contributed by atoms with van der Waals surface area (Å²) in [4.78, 5) is 32.2. The molecular weight excluding hydrogens is 410 g/mol. The van der Waals surface area contributed by atoms with Crippen LogP contribution in [0.15, 0.2) is 79.1 Å². The first-order valence-corrected chi connectivity index (χ1v) is 10.7. The highest BCUT2D eigenvalue weighted by atomic mass is 35.5. The molecule has 2 aromatic carbocycles. The number of rotatable bonds is 9. The summed E-state index contributed by atoms with van der Waals surface area (Å²) in [7, 11) is 0. The number of amides is 2. The number of nitrogens with zero attached hydrogens (tertiary/aromatic N) is 2. The second-order valence-electron chi connectivity index (χ2n) is 7.29. The fourth-order valence-corrected chi connectivity index (χ4v) is 3.49. The average Bonchev–Trinajstić information content (AvgIpc) is 2.80. The van der Waals surface area contributed by atoms with E-state index in [0.717, 1.165) is 16.7 Å². The van der Waals surface area contributed by atoms with Crippen molar-refractivity contribution in [1.29, 1.82) is 0 Å². The second-order valence-corrected chi connectivity index (χ2v) is 7.73. The Morgan fingerprint density at radius 3 is 2.39 bits per heavy atom. The van der Waals surface area contributed by atoms with E-state index >= 15 is 0 Å². The van der Waals surface area contributed by atoms with E-state index < -0.39 is 6.04 Å². The van der Waals surface area contributed by atoms with Gasteiger partial charge in [-0.3, -0.25) is 14.6 Å². The van der Waals surface area contributed by atoms with E-state index in [0.29, 0.717) is 31.0 Å². The summed E-state index contributed by atoms with van der Waals surface area (Å²) in [5, 5.41) is 3.60. The van der Waals surface area contributed by atoms with Crippen molar-refractivity contribution in [3.8, 4) is 0 Å². The molecule has 2 amide bonds. The van der Waals surface area contributed by atoms with E-state index in [1.807, 2.05) is 61.5 Å². The Labute approximate surface area is 188 Å². The van der Waals surface area contributed by atoms with Gasteiger partial charge < -0.3 is 10.2 Å². The van der Waals surface area contributed by atoms with Crippen LogP contribution in [0.3, 0.4) is 0 Å². The summed E-state index contributed by atoms with van der Waals surface area (Å²) in [5.74, 6) is -0.295. The Morgan fingerprint density at radius 1 is 1.00 bits per heavy atom. The first kappa shape index (κ1) is 22.5. The van der Waals surface area contributed by atoms with Gasteiger partial charge in [0.15, 0.2) is 0 Å². The van der Waals surface area contributed by atoms with Crippen LogP contribution in [-0.4, -0.2) is 21.7 Å². The van der Waals surface area contributed by atoms with Crippen molar-refractivity contribution < 1.29 is 9.59 Å². The van der Waals surface area contributed by atoms with Crippen LogP contribution in [0.2, 0.25) is 5.02 Å². The topological polar surface area (TPSA) is 62.3 Å². The third-order valence-electron chi connectivity index (χ3n) is 4.92. The van der Waals surface area contributed by atoms with Gasteiger partial charge in [0, 0.05) is 36.9 Å². The number of nitrogens with one attached hydrogen (secondary N) is 1. The minimum atomic E-state index is -0.743. The standard InChI is InChI=1S/C25H26ClN3O2/c1-2-7-23(30)29(18-19-11-13-22(26)14-12-19)24(21-9-4-3-5-10-21)25(31)28-17-20-8-6-15-27-16-20/h3-6,8-16,24H,2,7,17-18H2,1H3,(H,28,31)/t24-/m0/s1. The normalized spacial score (nSPS) is 11.5. The van der Waals surface area contributed by atoms with Crippen LogP contribution in [0, 0.1) is 0 Å². The molecule has 5 nitrogen and oxygen atoms in total. The molecule has 1 heterocycles. The van der Waals surface area contributed by atoms with Crippen molar-refractivity contribution >= 4 is 23.4 Å². The van der Waals surface area contributed by atoms with Crippen LogP contribution in [0.4, 0.5) is 0 Å². The number of benzene rings is 2. The highest BCUT2D eigenvalue weighted by molar-refractivity contribution is 6.30. The lowest BCUT2D eigenvalue weighted by Crippen LogP contribution is -2.43. The van der Waals surface area contributed by atoms with Crippen molar-refractivity contribution in [3.63, 3.8) is 0 Å². The average molecular weight is 436 g/mol. The molecule has 3 aromatic rings. The molecule has 0 aliphatic heterocycles. The van der Waals surface area contributed by atoms with E-state index in [9.17, 15) is 9.59 Å². The van der Waals surface area contributed by atoms with Gasteiger partial charge in [0.2, 0.25) is 11.8 Å². The van der Waals surface area contributed by atoms with Gasteiger partial charge >= 0.3 is 0 Å². The van der Waals surface area contributed by atoms with Crippen LogP contribution in [-0.2, 0) is 22.7 Å². The molecule has 31 heavy (non-hydrogen) atoms. The first-order valence-electron chi connectivity index (χ1n) is 10.3. The summed E-state index contributed by atoms with van der Waals surface area (Å²) >= 11 is 6.02. The molecule has 1 atom stereocenters. The van der Waals surface area contributed by atoms with E-state index in [-0.39, 0.29) is 11.8 Å². The molecule has 3 rings (SSSR count). The van der Waals surface area contributed by atoms with E-state index in [1.54, 1.807) is 29.4 Å². The van der Waals surface area contributed by atoms with Gasteiger partial charge in [-0.25, -0.2) is 0 Å². The van der Waals surface area contributed by atoms with Crippen molar-refractivity contribution in [2.45, 2.75) is 38.9 Å². The maximum atomic E-state index is 13.4. The van der Waals surface area contributed by atoms with Crippen LogP contribution in [0.25, 0.3) is 0 Å². The molecule has 160 valence electrons. The lowest BCUT2D eigenvalue weighted by molar-refractivity contribution is -0.141. The summed E-state index contributed by atoms with van der Waals surface area (Å²) in [6, 6.07) is 19.7. The lowest BCUT2D eigenvalue weighted by atomic mass is 10.0. The molecule has 0 radical (unpaired) electrons. The van der Waals surface area contributed by atoms with Gasteiger partial charge in [-0.05, 0) is 41.3 Å². The molecule has 0 aliphatic carbocycles. The first-order chi connectivity index (χ1) is 15.1. The predicted molar refractivity (Wildman–Crippen MR) is 122 cm³/mol. The zero-order valence-corrected chi connectivity index (χ0v) is 18.3. The largest absolute Gasteiger partial charge is 0.350 e. The summed E-state index contributed by atoms with van der Waals surface area (Å²) < 4.78 is 0. The van der Waals surface area contributed by atoms with Gasteiger partial charge in [-0.2, -0.15) is 0 Å². The maximum Gasteiger partial charge on any atom is 0.247 e. The zero-order chi connectivity index (χ0) is 22.1. The van der Waals surface area contributed by atoms with Crippen LogP contribution in [0.5, 0.6) is 0 Å². The van der Waals surface area contributed by atoms with E-state index in [2.05, 4.69) is 10.3 Å². The van der Waals surface area contributed by atoms with Crippen LogP contribution in [0.1, 0.15) is 42.5 Å². The minimum Gasteiger partial charge on any atom is -0.350 e. The molecule has 0 unspecified atom stereocenters. The van der Waals surface area contributed by atoms with Crippen molar-refractivity contribution in [2.24, 2.45) is 0 Å². The second kappa shape index (κ2) is 11.3. The Balaban J connectivity index is 1.91. The number of carbonyl (C=O) groups excluding carboxylic acids is 2. The summed E-state index contributed by atoms with van der Waals surface area (Å²) in [6.45, 7) is 2.61. The molecule has 0 saturated heterocycles. The number of aromatic nitrogens is 1. The Hall–Kier alpha value is -3.18. The Bertz CT molecular complexity index is 979.